The smallest absolute Gasteiger partial charge is 0.303 e. The van der Waals surface area contributed by atoms with Crippen molar-refractivity contribution in [3.63, 3.8) is 0 Å². The Kier molecular flexibility index (Phi) is 3.29. The minimum atomic E-state index is -0.616. The van der Waals surface area contributed by atoms with Crippen molar-refractivity contribution < 1.29 is 9.90 Å². The predicted octanol–water partition coefficient (Wildman–Crippen LogP) is 1.97. The average molecular weight is 211 g/mol. The molecule has 2 unspecified atom stereocenters. The Balaban J connectivity index is 2.06. The summed E-state index contributed by atoms with van der Waals surface area (Å²) >= 11 is 0. The molecule has 3 aliphatic heterocycles. The summed E-state index contributed by atoms with van der Waals surface area (Å²) in [6.07, 6.45) is 5.17. The van der Waals surface area contributed by atoms with Gasteiger partial charge in [0.2, 0.25) is 0 Å². The van der Waals surface area contributed by atoms with Gasteiger partial charge >= 0.3 is 5.97 Å². The first-order valence-electron chi connectivity index (χ1n) is 6.18. The molecule has 3 aliphatic rings. The highest BCUT2D eigenvalue weighted by Crippen LogP contribution is 2.40. The van der Waals surface area contributed by atoms with Crippen LogP contribution in [0.1, 0.15) is 39.0 Å². The quantitative estimate of drug-likeness (QED) is 0.773. The molecule has 0 aromatic heterocycles. The van der Waals surface area contributed by atoms with Crippen LogP contribution in [0.3, 0.4) is 0 Å². The molecule has 0 aromatic rings. The Hall–Kier alpha value is -0.570. The molecule has 3 saturated heterocycles. The lowest BCUT2D eigenvalue weighted by Crippen LogP contribution is -2.55. The fraction of sp³-hybridized carbons (Fsp3) is 0.917. The minimum absolute atomic E-state index is 0.381. The van der Waals surface area contributed by atoms with Crippen molar-refractivity contribution in [2.24, 2.45) is 11.8 Å². The molecule has 2 bridgehead atoms. The number of carbonyl (C=O) groups is 1. The second kappa shape index (κ2) is 4.52. The van der Waals surface area contributed by atoms with E-state index >= 15 is 0 Å². The molecule has 0 aromatic carbocycles. The maximum Gasteiger partial charge on any atom is 0.303 e. The third-order valence-corrected chi connectivity index (χ3v) is 4.14. The van der Waals surface area contributed by atoms with Crippen molar-refractivity contribution in [1.29, 1.82) is 0 Å². The highest BCUT2D eigenvalue weighted by Gasteiger charge is 2.42. The monoisotopic (exact) mass is 211 g/mol. The minimum Gasteiger partial charge on any atom is -0.481 e. The molecule has 3 fully saturated rings. The standard InChI is InChI=1S/C12H21NO2/c1-2-3-11-10(8-12(14)15)9-4-6-13(11)7-5-9/h9-11H,2-8H2,1H3,(H,14,15). The highest BCUT2D eigenvalue weighted by molar-refractivity contribution is 5.67. The van der Waals surface area contributed by atoms with Crippen LogP contribution in [0.25, 0.3) is 0 Å². The number of aliphatic carboxylic acids is 1. The zero-order chi connectivity index (χ0) is 10.8. The largest absolute Gasteiger partial charge is 0.481 e. The van der Waals surface area contributed by atoms with Gasteiger partial charge in [-0.1, -0.05) is 13.3 Å². The zero-order valence-electron chi connectivity index (χ0n) is 9.48. The lowest BCUT2D eigenvalue weighted by Gasteiger charge is -2.51. The van der Waals surface area contributed by atoms with E-state index in [1.54, 1.807) is 0 Å². The number of rotatable bonds is 4. The summed E-state index contributed by atoms with van der Waals surface area (Å²) in [6.45, 7) is 4.60. The lowest BCUT2D eigenvalue weighted by molar-refractivity contribution is -0.141. The van der Waals surface area contributed by atoms with Crippen LogP contribution >= 0.6 is 0 Å². The molecule has 0 aliphatic carbocycles. The molecule has 15 heavy (non-hydrogen) atoms. The molecular formula is C12H21NO2. The van der Waals surface area contributed by atoms with Crippen molar-refractivity contribution in [2.45, 2.75) is 45.1 Å². The molecule has 0 amide bonds. The van der Waals surface area contributed by atoms with Crippen LogP contribution in [-0.2, 0) is 4.79 Å². The van der Waals surface area contributed by atoms with Crippen LogP contribution in [0.2, 0.25) is 0 Å². The molecule has 86 valence electrons. The number of fused-ring (bicyclic) bond motifs is 3. The predicted molar refractivity (Wildman–Crippen MR) is 58.7 cm³/mol. The molecule has 3 rings (SSSR count). The molecule has 0 saturated carbocycles. The first-order chi connectivity index (χ1) is 7.22. The van der Waals surface area contributed by atoms with Crippen LogP contribution in [-0.4, -0.2) is 35.1 Å². The molecule has 0 radical (unpaired) electrons. The molecule has 3 heterocycles. The number of piperidine rings is 3. The topological polar surface area (TPSA) is 40.5 Å². The van der Waals surface area contributed by atoms with Gasteiger partial charge in [-0.15, -0.1) is 0 Å². The first-order valence-corrected chi connectivity index (χ1v) is 6.18. The summed E-state index contributed by atoms with van der Waals surface area (Å²) in [6, 6.07) is 0.554. The summed E-state index contributed by atoms with van der Waals surface area (Å²) < 4.78 is 0. The molecular weight excluding hydrogens is 190 g/mol. The Bertz CT molecular complexity index is 234. The second-order valence-electron chi connectivity index (χ2n) is 4.99. The fourth-order valence-corrected chi connectivity index (χ4v) is 3.46. The number of carboxylic acids is 1. The van der Waals surface area contributed by atoms with Gasteiger partial charge in [-0.25, -0.2) is 0 Å². The highest BCUT2D eigenvalue weighted by atomic mass is 16.4. The van der Waals surface area contributed by atoms with Crippen molar-refractivity contribution in [1.82, 2.24) is 4.90 Å². The van der Waals surface area contributed by atoms with E-state index in [2.05, 4.69) is 11.8 Å². The van der Waals surface area contributed by atoms with Gasteiger partial charge in [0.1, 0.15) is 0 Å². The third kappa shape index (κ3) is 2.17. The summed E-state index contributed by atoms with van der Waals surface area (Å²) in [5, 5.41) is 8.96. The lowest BCUT2D eigenvalue weighted by atomic mass is 9.71. The SMILES string of the molecule is CCCC1C(CC(=O)O)C2CCN1CC2. The summed E-state index contributed by atoms with van der Waals surface area (Å²) in [4.78, 5) is 13.4. The normalized spacial score (nSPS) is 39.3. The number of hydrogen-bond acceptors (Lipinski definition) is 2. The van der Waals surface area contributed by atoms with Crippen molar-refractivity contribution in [2.75, 3.05) is 13.1 Å². The maximum atomic E-state index is 10.9. The maximum absolute atomic E-state index is 10.9. The van der Waals surface area contributed by atoms with Gasteiger partial charge < -0.3 is 10.0 Å². The van der Waals surface area contributed by atoms with Gasteiger partial charge in [-0.3, -0.25) is 4.79 Å². The van der Waals surface area contributed by atoms with Crippen molar-refractivity contribution in [3.8, 4) is 0 Å². The summed E-state index contributed by atoms with van der Waals surface area (Å²) in [7, 11) is 0. The number of carboxylic acid groups (broad SMARTS) is 1. The van der Waals surface area contributed by atoms with Crippen LogP contribution in [0.15, 0.2) is 0 Å². The van der Waals surface area contributed by atoms with E-state index in [0.29, 0.717) is 24.3 Å². The van der Waals surface area contributed by atoms with Crippen LogP contribution < -0.4 is 0 Å². The summed E-state index contributed by atoms with van der Waals surface area (Å²) in [5.74, 6) is 0.488. The van der Waals surface area contributed by atoms with Gasteiger partial charge in [-0.05, 0) is 44.2 Å². The Morgan fingerprint density at radius 3 is 2.60 bits per heavy atom. The van der Waals surface area contributed by atoms with Gasteiger partial charge in [0.25, 0.3) is 0 Å². The van der Waals surface area contributed by atoms with E-state index in [1.807, 2.05) is 0 Å². The molecule has 1 N–H and O–H groups in total. The van der Waals surface area contributed by atoms with Crippen LogP contribution in [0.4, 0.5) is 0 Å². The van der Waals surface area contributed by atoms with E-state index in [1.165, 1.54) is 38.8 Å². The van der Waals surface area contributed by atoms with Crippen molar-refractivity contribution in [3.05, 3.63) is 0 Å². The van der Waals surface area contributed by atoms with Gasteiger partial charge in [0, 0.05) is 12.5 Å². The zero-order valence-corrected chi connectivity index (χ0v) is 9.48. The average Bonchev–Trinajstić information content (AvgIpc) is 2.22. The van der Waals surface area contributed by atoms with Crippen LogP contribution in [0, 0.1) is 11.8 Å². The fourth-order valence-electron chi connectivity index (χ4n) is 3.46. The molecule has 3 nitrogen and oxygen atoms in total. The van der Waals surface area contributed by atoms with E-state index in [0.717, 1.165) is 0 Å². The second-order valence-corrected chi connectivity index (χ2v) is 4.99. The van der Waals surface area contributed by atoms with Gasteiger partial charge in [0.15, 0.2) is 0 Å². The van der Waals surface area contributed by atoms with E-state index in [4.69, 9.17) is 5.11 Å². The van der Waals surface area contributed by atoms with Gasteiger partial charge in [0.05, 0.1) is 0 Å². The van der Waals surface area contributed by atoms with E-state index in [-0.39, 0.29) is 0 Å². The summed E-state index contributed by atoms with van der Waals surface area (Å²) in [5.41, 5.74) is 0. The number of nitrogens with zero attached hydrogens (tertiary/aromatic N) is 1. The van der Waals surface area contributed by atoms with Crippen molar-refractivity contribution >= 4 is 5.97 Å². The van der Waals surface area contributed by atoms with Crippen LogP contribution in [0.5, 0.6) is 0 Å². The van der Waals surface area contributed by atoms with E-state index in [9.17, 15) is 4.79 Å². The van der Waals surface area contributed by atoms with Gasteiger partial charge in [-0.2, -0.15) is 0 Å². The molecule has 3 heteroatoms. The Morgan fingerprint density at radius 1 is 1.40 bits per heavy atom. The Labute approximate surface area is 91.5 Å². The Morgan fingerprint density at radius 2 is 2.07 bits per heavy atom. The number of hydrogen-bond donors (Lipinski definition) is 1. The third-order valence-electron chi connectivity index (χ3n) is 4.14. The molecule has 0 spiro atoms. The van der Waals surface area contributed by atoms with E-state index < -0.39 is 5.97 Å². The molecule has 2 atom stereocenters. The first kappa shape index (κ1) is 10.9.